The van der Waals surface area contributed by atoms with E-state index >= 15 is 0 Å². The molecule has 1 fully saturated rings. The van der Waals surface area contributed by atoms with Gasteiger partial charge in [-0.3, -0.25) is 0 Å². The van der Waals surface area contributed by atoms with Crippen molar-refractivity contribution in [3.05, 3.63) is 0 Å². The average molecular weight is 233 g/mol. The molecule has 90 valence electrons. The highest BCUT2D eigenvalue weighted by Gasteiger charge is 2.34. The van der Waals surface area contributed by atoms with E-state index in [9.17, 15) is 8.42 Å². The van der Waals surface area contributed by atoms with E-state index in [1.54, 1.807) is 0 Å². The highest BCUT2D eigenvalue weighted by atomic mass is 32.2. The molecule has 4 heteroatoms. The quantitative estimate of drug-likeness (QED) is 0.786. The molecule has 0 aromatic rings. The largest absolute Gasteiger partial charge is 0.325 e. The molecule has 3 nitrogen and oxygen atoms in total. The summed E-state index contributed by atoms with van der Waals surface area (Å²) in [6.07, 6.45) is 4.45. The van der Waals surface area contributed by atoms with Crippen molar-refractivity contribution in [2.45, 2.75) is 51.5 Å². The average Bonchev–Trinajstić information content (AvgIpc) is 2.44. The minimum Gasteiger partial charge on any atom is -0.325 e. The van der Waals surface area contributed by atoms with Crippen molar-refractivity contribution < 1.29 is 8.42 Å². The Balaban J connectivity index is 2.43. The summed E-state index contributed by atoms with van der Waals surface area (Å²) in [5.74, 6) is 1.23. The first-order chi connectivity index (χ1) is 6.87. The Labute approximate surface area is 93.3 Å². The normalized spacial score (nSPS) is 32.1. The number of nitrogens with two attached hydrogens (primary N) is 1. The topological polar surface area (TPSA) is 60.2 Å². The Morgan fingerprint density at radius 2 is 2.07 bits per heavy atom. The molecule has 0 aromatic carbocycles. The number of hydrogen-bond acceptors (Lipinski definition) is 3. The van der Waals surface area contributed by atoms with Gasteiger partial charge in [0.2, 0.25) is 0 Å². The molecule has 0 bridgehead atoms. The van der Waals surface area contributed by atoms with Gasteiger partial charge in [-0.1, -0.05) is 13.8 Å². The van der Waals surface area contributed by atoms with Gasteiger partial charge in [-0.15, -0.1) is 0 Å². The van der Waals surface area contributed by atoms with Crippen LogP contribution in [0.25, 0.3) is 0 Å². The van der Waals surface area contributed by atoms with Crippen molar-refractivity contribution >= 4 is 9.84 Å². The van der Waals surface area contributed by atoms with E-state index in [-0.39, 0.29) is 11.3 Å². The molecule has 0 spiro atoms. The molecular formula is C11H23NO2S. The molecule has 0 amide bonds. The van der Waals surface area contributed by atoms with E-state index in [2.05, 4.69) is 6.92 Å². The summed E-state index contributed by atoms with van der Waals surface area (Å²) in [6.45, 7) is 4.09. The lowest BCUT2D eigenvalue weighted by Crippen LogP contribution is -2.39. The van der Waals surface area contributed by atoms with Crippen LogP contribution in [-0.2, 0) is 9.84 Å². The Bertz CT molecular complexity index is 300. The first-order valence-corrected chi connectivity index (χ1v) is 7.68. The zero-order valence-electron chi connectivity index (χ0n) is 9.83. The van der Waals surface area contributed by atoms with Crippen LogP contribution in [0.4, 0.5) is 0 Å². The van der Waals surface area contributed by atoms with E-state index in [1.165, 1.54) is 0 Å². The first kappa shape index (κ1) is 13.0. The zero-order chi connectivity index (χ0) is 11.5. The van der Waals surface area contributed by atoms with E-state index in [1.807, 2.05) is 6.92 Å². The van der Waals surface area contributed by atoms with E-state index < -0.39 is 9.84 Å². The summed E-state index contributed by atoms with van der Waals surface area (Å²) < 4.78 is 23.1. The van der Waals surface area contributed by atoms with E-state index in [0.717, 1.165) is 19.3 Å². The van der Waals surface area contributed by atoms with Crippen LogP contribution in [0.3, 0.4) is 0 Å². The zero-order valence-corrected chi connectivity index (χ0v) is 10.6. The third kappa shape index (κ3) is 4.11. The summed E-state index contributed by atoms with van der Waals surface area (Å²) in [5, 5.41) is 0. The Morgan fingerprint density at radius 1 is 1.40 bits per heavy atom. The third-order valence-corrected chi connectivity index (χ3v) is 5.17. The lowest BCUT2D eigenvalue weighted by atomic mass is 9.95. The van der Waals surface area contributed by atoms with Gasteiger partial charge in [0.1, 0.15) is 9.84 Å². The van der Waals surface area contributed by atoms with Crippen molar-refractivity contribution in [1.82, 2.24) is 0 Å². The molecule has 0 aliphatic heterocycles. The minimum absolute atomic E-state index is 0.208. The number of hydrogen-bond donors (Lipinski definition) is 1. The van der Waals surface area contributed by atoms with Crippen molar-refractivity contribution in [1.29, 1.82) is 0 Å². The number of rotatable bonds is 5. The number of sulfone groups is 1. The summed E-state index contributed by atoms with van der Waals surface area (Å²) >= 11 is 0. The smallest absolute Gasteiger partial charge is 0.150 e. The Kier molecular flexibility index (Phi) is 4.18. The van der Waals surface area contributed by atoms with Crippen molar-refractivity contribution in [3.8, 4) is 0 Å². The van der Waals surface area contributed by atoms with Gasteiger partial charge in [0.05, 0.1) is 5.75 Å². The van der Waals surface area contributed by atoms with Gasteiger partial charge in [0, 0.05) is 11.3 Å². The van der Waals surface area contributed by atoms with Gasteiger partial charge in [0.15, 0.2) is 0 Å². The highest BCUT2D eigenvalue weighted by Crippen LogP contribution is 2.34. The van der Waals surface area contributed by atoms with Gasteiger partial charge in [-0.25, -0.2) is 8.42 Å². The van der Waals surface area contributed by atoms with Crippen LogP contribution >= 0.6 is 0 Å². The Hall–Kier alpha value is -0.0900. The minimum atomic E-state index is -2.85. The summed E-state index contributed by atoms with van der Waals surface area (Å²) in [5.41, 5.74) is 5.98. The fourth-order valence-electron chi connectivity index (χ4n) is 2.43. The van der Waals surface area contributed by atoms with Crippen molar-refractivity contribution in [2.24, 2.45) is 11.7 Å². The molecule has 0 saturated heterocycles. The molecule has 0 heterocycles. The molecule has 2 N–H and O–H groups in total. The molecule has 1 aliphatic rings. The maximum Gasteiger partial charge on any atom is 0.150 e. The summed E-state index contributed by atoms with van der Waals surface area (Å²) in [4.78, 5) is 0. The first-order valence-electron chi connectivity index (χ1n) is 5.86. The van der Waals surface area contributed by atoms with Gasteiger partial charge in [-0.2, -0.15) is 0 Å². The van der Waals surface area contributed by atoms with Crippen LogP contribution in [-0.4, -0.2) is 25.5 Å². The van der Waals surface area contributed by atoms with Gasteiger partial charge >= 0.3 is 0 Å². The fraction of sp³-hybridized carbons (Fsp3) is 1.00. The monoisotopic (exact) mass is 233 g/mol. The molecule has 1 rings (SSSR count). The van der Waals surface area contributed by atoms with Crippen LogP contribution in [0.1, 0.15) is 46.0 Å². The second-order valence-electron chi connectivity index (χ2n) is 5.11. The van der Waals surface area contributed by atoms with Crippen molar-refractivity contribution in [2.75, 3.05) is 11.5 Å². The standard InChI is InChI=1S/C11H23NO2S/c1-3-7-15(13,14)8-6-11(12)5-4-10(2)9-11/h10H,3-9,12H2,1-2H3. The van der Waals surface area contributed by atoms with Crippen molar-refractivity contribution in [3.63, 3.8) is 0 Å². The predicted octanol–water partition coefficient (Wildman–Crippen LogP) is 1.72. The van der Waals surface area contributed by atoms with Crippen LogP contribution in [0.15, 0.2) is 0 Å². The second kappa shape index (κ2) is 4.83. The summed E-state index contributed by atoms with van der Waals surface area (Å²) in [7, 11) is -2.85. The molecule has 2 atom stereocenters. The fourth-order valence-corrected chi connectivity index (χ4v) is 3.97. The van der Waals surface area contributed by atoms with Crippen LogP contribution in [0.5, 0.6) is 0 Å². The molecule has 1 saturated carbocycles. The third-order valence-electron chi connectivity index (χ3n) is 3.32. The molecule has 2 unspecified atom stereocenters. The highest BCUT2D eigenvalue weighted by molar-refractivity contribution is 7.91. The van der Waals surface area contributed by atoms with Crippen LogP contribution < -0.4 is 5.73 Å². The molecule has 0 radical (unpaired) electrons. The van der Waals surface area contributed by atoms with Crippen LogP contribution in [0, 0.1) is 5.92 Å². The van der Waals surface area contributed by atoms with Gasteiger partial charge in [0.25, 0.3) is 0 Å². The van der Waals surface area contributed by atoms with E-state index in [0.29, 0.717) is 24.5 Å². The van der Waals surface area contributed by atoms with Gasteiger partial charge in [-0.05, 0) is 38.0 Å². The predicted molar refractivity (Wildman–Crippen MR) is 63.5 cm³/mol. The second-order valence-corrected chi connectivity index (χ2v) is 7.42. The SMILES string of the molecule is CCCS(=O)(=O)CCC1(N)CCC(C)C1. The van der Waals surface area contributed by atoms with Crippen LogP contribution in [0.2, 0.25) is 0 Å². The lowest BCUT2D eigenvalue weighted by molar-refractivity contribution is 0.407. The molecule has 15 heavy (non-hydrogen) atoms. The Morgan fingerprint density at radius 3 is 2.53 bits per heavy atom. The molecular weight excluding hydrogens is 210 g/mol. The summed E-state index contributed by atoms with van der Waals surface area (Å²) in [6, 6.07) is 0. The lowest BCUT2D eigenvalue weighted by Gasteiger charge is -2.23. The maximum absolute atomic E-state index is 11.6. The molecule has 0 aromatic heterocycles. The van der Waals surface area contributed by atoms with E-state index in [4.69, 9.17) is 5.73 Å². The maximum atomic E-state index is 11.6. The molecule has 1 aliphatic carbocycles. The van der Waals surface area contributed by atoms with Gasteiger partial charge < -0.3 is 5.73 Å².